The Labute approximate surface area is 170 Å². The van der Waals surface area contributed by atoms with Gasteiger partial charge in [0.05, 0.1) is 11.2 Å². The first kappa shape index (κ1) is 19.4. The molecule has 1 N–H and O–H groups in total. The van der Waals surface area contributed by atoms with Gasteiger partial charge in [0.2, 0.25) is 0 Å². The first-order chi connectivity index (χ1) is 14.1. The second kappa shape index (κ2) is 8.60. The van der Waals surface area contributed by atoms with Gasteiger partial charge in [-0.3, -0.25) is 4.79 Å². The minimum Gasteiger partial charge on any atom is -0.487 e. The van der Waals surface area contributed by atoms with E-state index in [9.17, 15) is 9.18 Å². The zero-order valence-corrected chi connectivity index (χ0v) is 16.6. The number of benzene rings is 2. The van der Waals surface area contributed by atoms with Crippen LogP contribution in [0.2, 0.25) is 0 Å². The summed E-state index contributed by atoms with van der Waals surface area (Å²) in [7, 11) is 0. The summed E-state index contributed by atoms with van der Waals surface area (Å²) in [6.07, 6.45) is 4.31. The van der Waals surface area contributed by atoms with E-state index in [2.05, 4.69) is 17.2 Å². The second-order valence-electron chi connectivity index (χ2n) is 7.57. The lowest BCUT2D eigenvalue weighted by Gasteiger charge is -2.25. The SMILES string of the molecule is CCCCCC1CNc2ccc(OCc3ccc4cc(F)ccc4n3)cc2C1=O. The van der Waals surface area contributed by atoms with Gasteiger partial charge in [0.25, 0.3) is 0 Å². The van der Waals surface area contributed by atoms with Crippen LogP contribution in [0.5, 0.6) is 5.75 Å². The molecular weight excluding hydrogens is 367 g/mol. The summed E-state index contributed by atoms with van der Waals surface area (Å²) in [4.78, 5) is 17.4. The van der Waals surface area contributed by atoms with Crippen LogP contribution in [-0.2, 0) is 6.61 Å². The molecule has 0 aliphatic carbocycles. The van der Waals surface area contributed by atoms with Crippen LogP contribution in [-0.4, -0.2) is 17.3 Å². The summed E-state index contributed by atoms with van der Waals surface area (Å²) < 4.78 is 19.2. The molecule has 1 aliphatic rings. The highest BCUT2D eigenvalue weighted by Gasteiger charge is 2.27. The highest BCUT2D eigenvalue weighted by molar-refractivity contribution is 6.05. The van der Waals surface area contributed by atoms with Crippen LogP contribution < -0.4 is 10.1 Å². The van der Waals surface area contributed by atoms with E-state index in [1.165, 1.54) is 12.1 Å². The molecule has 29 heavy (non-hydrogen) atoms. The van der Waals surface area contributed by atoms with Gasteiger partial charge < -0.3 is 10.1 Å². The number of unbranched alkanes of at least 4 members (excludes halogenated alkanes) is 2. The molecule has 1 aliphatic heterocycles. The lowest BCUT2D eigenvalue weighted by atomic mass is 9.88. The lowest BCUT2D eigenvalue weighted by molar-refractivity contribution is 0.0913. The van der Waals surface area contributed by atoms with E-state index in [1.54, 1.807) is 6.07 Å². The molecule has 0 amide bonds. The van der Waals surface area contributed by atoms with E-state index in [-0.39, 0.29) is 24.1 Å². The Bertz CT molecular complexity index is 1030. The fourth-order valence-electron chi connectivity index (χ4n) is 3.77. The molecule has 1 atom stereocenters. The monoisotopic (exact) mass is 392 g/mol. The summed E-state index contributed by atoms with van der Waals surface area (Å²) in [6.45, 7) is 3.16. The summed E-state index contributed by atoms with van der Waals surface area (Å²) >= 11 is 0. The van der Waals surface area contributed by atoms with Gasteiger partial charge in [0.15, 0.2) is 5.78 Å². The maximum Gasteiger partial charge on any atom is 0.169 e. The molecule has 0 radical (unpaired) electrons. The van der Waals surface area contributed by atoms with Gasteiger partial charge in [-0.05, 0) is 48.9 Å². The number of fused-ring (bicyclic) bond motifs is 2. The zero-order chi connectivity index (χ0) is 20.2. The standard InChI is InChI=1S/C24H25FN2O2/c1-2-3-4-5-17-14-26-23-11-9-20(13-21(23)24(17)28)29-15-19-8-6-16-12-18(25)7-10-22(16)27-19/h6-13,17,26H,2-5,14-15H2,1H3. The molecule has 2 heterocycles. The Morgan fingerprint density at radius 3 is 2.90 bits per heavy atom. The first-order valence-electron chi connectivity index (χ1n) is 10.2. The molecule has 3 aromatic rings. The summed E-state index contributed by atoms with van der Waals surface area (Å²) in [5.41, 5.74) is 3.06. The number of carbonyl (C=O) groups is 1. The Balaban J connectivity index is 1.45. The normalized spacial score (nSPS) is 15.8. The lowest BCUT2D eigenvalue weighted by Crippen LogP contribution is -2.29. The fourth-order valence-corrected chi connectivity index (χ4v) is 3.77. The Morgan fingerprint density at radius 2 is 2.03 bits per heavy atom. The second-order valence-corrected chi connectivity index (χ2v) is 7.57. The summed E-state index contributed by atoms with van der Waals surface area (Å²) in [5, 5.41) is 4.13. The predicted octanol–water partition coefficient (Wildman–Crippen LogP) is 5.76. The quantitative estimate of drug-likeness (QED) is 0.520. The smallest absolute Gasteiger partial charge is 0.169 e. The number of Topliss-reactive ketones (excluding diaryl/α,β-unsaturated/α-hetero) is 1. The highest BCUT2D eigenvalue weighted by atomic mass is 19.1. The van der Waals surface area contributed by atoms with E-state index in [0.717, 1.165) is 48.0 Å². The van der Waals surface area contributed by atoms with Crippen LogP contribution in [0, 0.1) is 11.7 Å². The van der Waals surface area contributed by atoms with Crippen LogP contribution in [0.4, 0.5) is 10.1 Å². The third kappa shape index (κ3) is 4.39. The van der Waals surface area contributed by atoms with Crippen LogP contribution in [0.1, 0.15) is 48.7 Å². The molecule has 1 unspecified atom stereocenters. The van der Waals surface area contributed by atoms with E-state index in [1.807, 2.05) is 30.3 Å². The van der Waals surface area contributed by atoms with Gasteiger partial charge in [-0.15, -0.1) is 0 Å². The van der Waals surface area contributed by atoms with Gasteiger partial charge >= 0.3 is 0 Å². The maximum absolute atomic E-state index is 13.3. The van der Waals surface area contributed by atoms with Crippen molar-refractivity contribution in [2.24, 2.45) is 5.92 Å². The molecule has 0 fully saturated rings. The van der Waals surface area contributed by atoms with Crippen LogP contribution in [0.3, 0.4) is 0 Å². The van der Waals surface area contributed by atoms with Crippen LogP contribution in [0.15, 0.2) is 48.5 Å². The number of hydrogen-bond donors (Lipinski definition) is 1. The van der Waals surface area contributed by atoms with Crippen molar-refractivity contribution in [1.82, 2.24) is 4.98 Å². The number of anilines is 1. The van der Waals surface area contributed by atoms with Crippen LogP contribution >= 0.6 is 0 Å². The number of ether oxygens (including phenoxy) is 1. The number of rotatable bonds is 7. The highest BCUT2D eigenvalue weighted by Crippen LogP contribution is 2.31. The minimum absolute atomic E-state index is 0.0341. The molecule has 4 nitrogen and oxygen atoms in total. The largest absolute Gasteiger partial charge is 0.487 e. The average Bonchev–Trinajstić information content (AvgIpc) is 2.74. The number of nitrogens with one attached hydrogen (secondary N) is 1. The molecule has 0 saturated heterocycles. The van der Waals surface area contributed by atoms with E-state index in [4.69, 9.17) is 4.74 Å². The fraction of sp³-hybridized carbons (Fsp3) is 0.333. The Kier molecular flexibility index (Phi) is 5.74. The number of hydrogen-bond acceptors (Lipinski definition) is 4. The molecule has 0 saturated carbocycles. The van der Waals surface area contributed by atoms with Gasteiger partial charge in [-0.25, -0.2) is 9.37 Å². The van der Waals surface area contributed by atoms with Crippen molar-refractivity contribution in [1.29, 1.82) is 0 Å². The van der Waals surface area contributed by atoms with Crippen molar-refractivity contribution >= 4 is 22.4 Å². The molecule has 150 valence electrons. The zero-order valence-electron chi connectivity index (χ0n) is 16.6. The topological polar surface area (TPSA) is 51.2 Å². The van der Waals surface area contributed by atoms with E-state index < -0.39 is 0 Å². The molecule has 4 rings (SSSR count). The number of aromatic nitrogens is 1. The van der Waals surface area contributed by atoms with Crippen molar-refractivity contribution in [3.8, 4) is 5.75 Å². The minimum atomic E-state index is -0.274. The van der Waals surface area contributed by atoms with E-state index >= 15 is 0 Å². The summed E-state index contributed by atoms with van der Waals surface area (Å²) in [5.74, 6) is 0.607. The molecule has 5 heteroatoms. The first-order valence-corrected chi connectivity index (χ1v) is 10.2. The van der Waals surface area contributed by atoms with E-state index in [0.29, 0.717) is 17.9 Å². The molecule has 2 aromatic carbocycles. The van der Waals surface area contributed by atoms with Crippen LogP contribution in [0.25, 0.3) is 10.9 Å². The maximum atomic E-state index is 13.3. The Morgan fingerprint density at radius 1 is 1.14 bits per heavy atom. The number of ketones is 1. The number of carbonyl (C=O) groups excluding carboxylic acids is 1. The summed E-state index contributed by atoms with van der Waals surface area (Å²) in [6, 6.07) is 13.8. The van der Waals surface area contributed by atoms with Gasteiger partial charge in [0, 0.05) is 29.1 Å². The third-order valence-corrected chi connectivity index (χ3v) is 5.42. The molecular formula is C24H25FN2O2. The molecule has 1 aromatic heterocycles. The average molecular weight is 392 g/mol. The molecule has 0 bridgehead atoms. The predicted molar refractivity (Wildman–Crippen MR) is 113 cm³/mol. The number of halogens is 1. The van der Waals surface area contributed by atoms with Crippen molar-refractivity contribution in [3.63, 3.8) is 0 Å². The Hall–Kier alpha value is -2.95. The van der Waals surface area contributed by atoms with Gasteiger partial charge in [-0.2, -0.15) is 0 Å². The van der Waals surface area contributed by atoms with Crippen molar-refractivity contribution < 1.29 is 13.9 Å². The number of nitrogens with zero attached hydrogens (tertiary/aromatic N) is 1. The number of pyridine rings is 1. The van der Waals surface area contributed by atoms with Crippen molar-refractivity contribution in [2.45, 2.75) is 39.2 Å². The van der Waals surface area contributed by atoms with Gasteiger partial charge in [-0.1, -0.05) is 32.3 Å². The third-order valence-electron chi connectivity index (χ3n) is 5.42. The molecule has 0 spiro atoms. The van der Waals surface area contributed by atoms with Gasteiger partial charge in [0.1, 0.15) is 18.2 Å². The van der Waals surface area contributed by atoms with Crippen molar-refractivity contribution in [3.05, 3.63) is 65.6 Å². The van der Waals surface area contributed by atoms with Crippen molar-refractivity contribution in [2.75, 3.05) is 11.9 Å².